The smallest absolute Gasteiger partial charge is 0.222 e. The molecule has 4 heteroatoms. The number of piperidine rings is 1. The molecule has 1 aliphatic rings. The van der Waals surface area contributed by atoms with Crippen LogP contribution in [0.15, 0.2) is 24.3 Å². The van der Waals surface area contributed by atoms with Crippen LogP contribution in [0.2, 0.25) is 0 Å². The quantitative estimate of drug-likeness (QED) is 0.879. The lowest BCUT2D eigenvalue weighted by Gasteiger charge is -2.40. The molecule has 0 saturated carbocycles. The fraction of sp³-hybridized carbons (Fsp3) is 0.611. The molecule has 1 amide bonds. The van der Waals surface area contributed by atoms with Crippen molar-refractivity contribution in [3.05, 3.63) is 29.8 Å². The molecule has 1 fully saturated rings. The van der Waals surface area contributed by atoms with Gasteiger partial charge >= 0.3 is 0 Å². The van der Waals surface area contributed by atoms with Gasteiger partial charge in [0.25, 0.3) is 0 Å². The summed E-state index contributed by atoms with van der Waals surface area (Å²) in [5.74, 6) is 1.05. The van der Waals surface area contributed by atoms with Crippen LogP contribution in [0.4, 0.5) is 0 Å². The van der Waals surface area contributed by atoms with E-state index in [2.05, 4.69) is 6.92 Å². The lowest BCUT2D eigenvalue weighted by Crippen LogP contribution is -2.44. The van der Waals surface area contributed by atoms with E-state index < -0.39 is 0 Å². The molecule has 1 saturated heterocycles. The summed E-state index contributed by atoms with van der Waals surface area (Å²) in [7, 11) is 1.65. The maximum Gasteiger partial charge on any atom is 0.222 e. The third-order valence-corrected chi connectivity index (χ3v) is 5.02. The highest BCUT2D eigenvalue weighted by molar-refractivity contribution is 5.76. The third kappa shape index (κ3) is 4.01. The number of hydrogen-bond acceptors (Lipinski definition) is 3. The predicted molar refractivity (Wildman–Crippen MR) is 86.9 cm³/mol. The number of aliphatic hydroxyl groups is 1. The molecule has 0 spiro atoms. The van der Waals surface area contributed by atoms with Crippen LogP contribution in [0.1, 0.15) is 38.2 Å². The second kappa shape index (κ2) is 7.63. The predicted octanol–water partition coefficient (Wildman–Crippen LogP) is 2.64. The molecule has 0 atom stereocenters. The summed E-state index contributed by atoms with van der Waals surface area (Å²) in [5, 5.41) is 9.55. The van der Waals surface area contributed by atoms with Gasteiger partial charge in [0.1, 0.15) is 5.75 Å². The number of methoxy groups -OCH3 is 1. The van der Waals surface area contributed by atoms with Gasteiger partial charge in [-0.3, -0.25) is 4.79 Å². The van der Waals surface area contributed by atoms with Crippen LogP contribution in [0.5, 0.6) is 5.75 Å². The Morgan fingerprint density at radius 2 is 2.09 bits per heavy atom. The molecular weight excluding hydrogens is 278 g/mol. The molecule has 22 heavy (non-hydrogen) atoms. The molecular formula is C18H27NO3. The van der Waals surface area contributed by atoms with Gasteiger partial charge in [0, 0.05) is 26.1 Å². The van der Waals surface area contributed by atoms with E-state index in [0.717, 1.165) is 50.1 Å². The van der Waals surface area contributed by atoms with Gasteiger partial charge in [0.2, 0.25) is 5.91 Å². The number of aryl methyl sites for hydroxylation is 1. The van der Waals surface area contributed by atoms with Crippen molar-refractivity contribution < 1.29 is 14.6 Å². The summed E-state index contributed by atoms with van der Waals surface area (Å²) in [6.45, 7) is 3.89. The lowest BCUT2D eigenvalue weighted by molar-refractivity contribution is -0.134. The van der Waals surface area contributed by atoms with Crippen molar-refractivity contribution in [1.29, 1.82) is 0 Å². The van der Waals surface area contributed by atoms with Crippen molar-refractivity contribution in [2.75, 3.05) is 26.8 Å². The van der Waals surface area contributed by atoms with E-state index in [-0.39, 0.29) is 17.9 Å². The average Bonchev–Trinajstić information content (AvgIpc) is 2.60. The molecule has 1 N–H and O–H groups in total. The molecule has 0 unspecified atom stereocenters. The lowest BCUT2D eigenvalue weighted by atomic mass is 9.77. The van der Waals surface area contributed by atoms with E-state index in [1.54, 1.807) is 7.11 Å². The first-order chi connectivity index (χ1) is 10.6. The zero-order valence-electron chi connectivity index (χ0n) is 13.7. The Morgan fingerprint density at radius 1 is 1.36 bits per heavy atom. The number of amides is 1. The summed E-state index contributed by atoms with van der Waals surface area (Å²) in [5.41, 5.74) is 1.16. The van der Waals surface area contributed by atoms with E-state index in [9.17, 15) is 9.90 Å². The van der Waals surface area contributed by atoms with Gasteiger partial charge in [-0.2, -0.15) is 0 Å². The minimum absolute atomic E-state index is 0.0313. The van der Waals surface area contributed by atoms with E-state index in [1.807, 2.05) is 29.2 Å². The second-order valence-corrected chi connectivity index (χ2v) is 6.24. The summed E-state index contributed by atoms with van der Waals surface area (Å²) in [6.07, 6.45) is 4.07. The van der Waals surface area contributed by atoms with Crippen LogP contribution in [0.25, 0.3) is 0 Å². The van der Waals surface area contributed by atoms with Crippen molar-refractivity contribution in [1.82, 2.24) is 4.90 Å². The van der Waals surface area contributed by atoms with Gasteiger partial charge < -0.3 is 14.7 Å². The molecule has 0 radical (unpaired) electrons. The van der Waals surface area contributed by atoms with Crippen LogP contribution in [0.3, 0.4) is 0 Å². The summed E-state index contributed by atoms with van der Waals surface area (Å²) in [4.78, 5) is 14.3. The monoisotopic (exact) mass is 305 g/mol. The van der Waals surface area contributed by atoms with E-state index >= 15 is 0 Å². The number of aliphatic hydroxyl groups excluding tert-OH is 1. The van der Waals surface area contributed by atoms with Gasteiger partial charge in [-0.1, -0.05) is 19.1 Å². The minimum atomic E-state index is 0.0313. The number of rotatable bonds is 6. The Bertz CT molecular complexity index is 487. The minimum Gasteiger partial charge on any atom is -0.497 e. The zero-order chi connectivity index (χ0) is 16.0. The van der Waals surface area contributed by atoms with E-state index in [4.69, 9.17) is 4.74 Å². The van der Waals surface area contributed by atoms with Crippen molar-refractivity contribution in [2.24, 2.45) is 5.41 Å². The Labute approximate surface area is 133 Å². The van der Waals surface area contributed by atoms with Gasteiger partial charge in [0.15, 0.2) is 0 Å². The molecule has 4 nitrogen and oxygen atoms in total. The van der Waals surface area contributed by atoms with Crippen LogP contribution in [-0.2, 0) is 11.2 Å². The van der Waals surface area contributed by atoms with E-state index in [0.29, 0.717) is 6.42 Å². The van der Waals surface area contributed by atoms with Crippen molar-refractivity contribution in [3.8, 4) is 5.75 Å². The average molecular weight is 305 g/mol. The number of nitrogens with zero attached hydrogens (tertiary/aromatic N) is 1. The first-order valence-electron chi connectivity index (χ1n) is 8.14. The standard InChI is InChI=1S/C18H27NO3/c1-3-18(14-20)9-11-19(12-10-18)17(21)8-7-15-5-4-6-16(13-15)22-2/h4-6,13,20H,3,7-12,14H2,1-2H3. The number of ether oxygens (including phenoxy) is 1. The SMILES string of the molecule is CCC1(CO)CCN(C(=O)CCc2cccc(OC)c2)CC1. The maximum absolute atomic E-state index is 12.3. The van der Waals surface area contributed by atoms with Crippen LogP contribution >= 0.6 is 0 Å². The summed E-state index contributed by atoms with van der Waals surface area (Å²) in [6, 6.07) is 7.88. The van der Waals surface area contributed by atoms with E-state index in [1.165, 1.54) is 0 Å². The highest BCUT2D eigenvalue weighted by atomic mass is 16.5. The Balaban J connectivity index is 1.83. The summed E-state index contributed by atoms with van der Waals surface area (Å²) < 4.78 is 5.21. The molecule has 0 aromatic heterocycles. The molecule has 1 aliphatic heterocycles. The number of hydrogen-bond donors (Lipinski definition) is 1. The summed E-state index contributed by atoms with van der Waals surface area (Å²) >= 11 is 0. The fourth-order valence-corrected chi connectivity index (χ4v) is 3.09. The molecule has 1 aromatic carbocycles. The molecule has 1 heterocycles. The van der Waals surface area contributed by atoms with Crippen LogP contribution in [-0.4, -0.2) is 42.7 Å². The Hall–Kier alpha value is -1.55. The van der Waals surface area contributed by atoms with Gasteiger partial charge in [0.05, 0.1) is 7.11 Å². The molecule has 1 aromatic rings. The van der Waals surface area contributed by atoms with Crippen molar-refractivity contribution in [3.63, 3.8) is 0 Å². The highest BCUT2D eigenvalue weighted by Gasteiger charge is 2.33. The largest absolute Gasteiger partial charge is 0.497 e. The topological polar surface area (TPSA) is 49.8 Å². The Morgan fingerprint density at radius 3 is 2.68 bits per heavy atom. The van der Waals surface area contributed by atoms with Gasteiger partial charge in [-0.15, -0.1) is 0 Å². The normalized spacial score (nSPS) is 17.3. The van der Waals surface area contributed by atoms with Crippen LogP contribution < -0.4 is 4.74 Å². The zero-order valence-corrected chi connectivity index (χ0v) is 13.7. The van der Waals surface area contributed by atoms with Crippen molar-refractivity contribution >= 4 is 5.91 Å². The molecule has 0 aliphatic carbocycles. The maximum atomic E-state index is 12.3. The molecule has 2 rings (SSSR count). The Kier molecular flexibility index (Phi) is 5.83. The van der Waals surface area contributed by atoms with Crippen molar-refractivity contribution in [2.45, 2.75) is 39.0 Å². The second-order valence-electron chi connectivity index (χ2n) is 6.24. The first-order valence-corrected chi connectivity index (χ1v) is 8.14. The third-order valence-electron chi connectivity index (χ3n) is 5.02. The first kappa shape index (κ1) is 16.8. The molecule has 0 bridgehead atoms. The van der Waals surface area contributed by atoms with Crippen LogP contribution in [0, 0.1) is 5.41 Å². The number of carbonyl (C=O) groups is 1. The van der Waals surface area contributed by atoms with Gasteiger partial charge in [-0.05, 0) is 48.8 Å². The number of carbonyl (C=O) groups excluding carboxylic acids is 1. The number of likely N-dealkylation sites (tertiary alicyclic amines) is 1. The van der Waals surface area contributed by atoms with Gasteiger partial charge in [-0.25, -0.2) is 0 Å². The fourth-order valence-electron chi connectivity index (χ4n) is 3.09. The molecule has 122 valence electrons. The number of benzene rings is 1. The highest BCUT2D eigenvalue weighted by Crippen LogP contribution is 2.34.